The number of halogens is 2. The molecule has 0 aliphatic rings. The third-order valence-electron chi connectivity index (χ3n) is 1.04. The Morgan fingerprint density at radius 1 is 1.40 bits per heavy atom. The third kappa shape index (κ3) is 1.23. The SMILES string of the molecule is COc1[c]c(F)c(F)cc1. The summed E-state index contributed by atoms with van der Waals surface area (Å²) < 4.78 is 29.0. The molecular weight excluding hydrogens is 138 g/mol. The van der Waals surface area contributed by atoms with Crippen molar-refractivity contribution < 1.29 is 13.5 Å². The van der Waals surface area contributed by atoms with Crippen molar-refractivity contribution in [3.05, 3.63) is 29.8 Å². The van der Waals surface area contributed by atoms with Gasteiger partial charge in [0.05, 0.1) is 13.2 Å². The first kappa shape index (κ1) is 6.99. The number of hydrogen-bond donors (Lipinski definition) is 0. The molecule has 1 nitrogen and oxygen atoms in total. The monoisotopic (exact) mass is 143 g/mol. The second-order valence-corrected chi connectivity index (χ2v) is 1.69. The summed E-state index contributed by atoms with van der Waals surface area (Å²) in [7, 11) is 1.36. The molecule has 1 rings (SSSR count). The maximum absolute atomic E-state index is 12.3. The summed E-state index contributed by atoms with van der Waals surface area (Å²) in [4.78, 5) is 0. The van der Waals surface area contributed by atoms with E-state index in [4.69, 9.17) is 0 Å². The van der Waals surface area contributed by atoms with Crippen LogP contribution in [0.25, 0.3) is 0 Å². The molecule has 0 spiro atoms. The van der Waals surface area contributed by atoms with Gasteiger partial charge in [-0.15, -0.1) is 0 Å². The average molecular weight is 143 g/mol. The second-order valence-electron chi connectivity index (χ2n) is 1.69. The first-order chi connectivity index (χ1) is 4.74. The van der Waals surface area contributed by atoms with Gasteiger partial charge in [-0.1, -0.05) is 0 Å². The van der Waals surface area contributed by atoms with E-state index in [-0.39, 0.29) is 5.75 Å². The summed E-state index contributed by atoms with van der Waals surface area (Å²) in [5, 5.41) is 0. The second kappa shape index (κ2) is 2.64. The Labute approximate surface area is 57.2 Å². The van der Waals surface area contributed by atoms with Gasteiger partial charge in [0.2, 0.25) is 0 Å². The van der Waals surface area contributed by atoms with E-state index in [1.807, 2.05) is 0 Å². The minimum atomic E-state index is -1.01. The molecule has 1 radical (unpaired) electrons. The van der Waals surface area contributed by atoms with E-state index in [2.05, 4.69) is 10.8 Å². The Hall–Kier alpha value is -1.12. The molecule has 10 heavy (non-hydrogen) atoms. The van der Waals surface area contributed by atoms with E-state index in [0.717, 1.165) is 6.07 Å². The lowest BCUT2D eigenvalue weighted by molar-refractivity contribution is 0.405. The number of rotatable bonds is 1. The smallest absolute Gasteiger partial charge is 0.170 e. The fourth-order valence-electron chi connectivity index (χ4n) is 0.551. The minimum absolute atomic E-state index is 0.193. The van der Waals surface area contributed by atoms with Crippen molar-refractivity contribution in [1.29, 1.82) is 0 Å². The van der Waals surface area contributed by atoms with Crippen LogP contribution in [0.3, 0.4) is 0 Å². The zero-order valence-electron chi connectivity index (χ0n) is 5.32. The first-order valence-electron chi connectivity index (χ1n) is 2.65. The highest BCUT2D eigenvalue weighted by Gasteiger charge is 2.01. The summed E-state index contributed by atoms with van der Waals surface area (Å²) in [5.41, 5.74) is 0. The van der Waals surface area contributed by atoms with Crippen molar-refractivity contribution in [3.63, 3.8) is 0 Å². The maximum Gasteiger partial charge on any atom is 0.170 e. The van der Waals surface area contributed by atoms with Crippen LogP contribution >= 0.6 is 0 Å². The molecular formula is C7H5F2O. The quantitative estimate of drug-likeness (QED) is 0.582. The van der Waals surface area contributed by atoms with E-state index < -0.39 is 11.6 Å². The van der Waals surface area contributed by atoms with Gasteiger partial charge in [-0.3, -0.25) is 0 Å². The van der Waals surface area contributed by atoms with E-state index in [1.54, 1.807) is 0 Å². The number of methoxy groups -OCH3 is 1. The molecule has 0 atom stereocenters. The van der Waals surface area contributed by atoms with Crippen LogP contribution in [0.4, 0.5) is 8.78 Å². The van der Waals surface area contributed by atoms with Crippen LogP contribution in [0.1, 0.15) is 0 Å². The topological polar surface area (TPSA) is 9.23 Å². The van der Waals surface area contributed by atoms with E-state index in [9.17, 15) is 8.78 Å². The summed E-state index contributed by atoms with van der Waals surface area (Å²) in [6, 6.07) is 4.36. The fourth-order valence-corrected chi connectivity index (χ4v) is 0.551. The predicted molar refractivity (Wildman–Crippen MR) is 31.7 cm³/mol. The van der Waals surface area contributed by atoms with Crippen LogP contribution in [0, 0.1) is 17.7 Å². The Morgan fingerprint density at radius 2 is 2.10 bits per heavy atom. The van der Waals surface area contributed by atoms with E-state index in [1.165, 1.54) is 13.2 Å². The highest BCUT2D eigenvalue weighted by Crippen LogP contribution is 2.12. The lowest BCUT2D eigenvalue weighted by Crippen LogP contribution is -1.87. The standard InChI is InChI=1S/C7H5F2O/c1-10-5-2-3-6(8)7(9)4-5/h2-3H,1H3. The van der Waals surface area contributed by atoms with Gasteiger partial charge < -0.3 is 4.74 Å². The highest BCUT2D eigenvalue weighted by atomic mass is 19.2. The maximum atomic E-state index is 12.3. The van der Waals surface area contributed by atoms with Crippen molar-refractivity contribution in [2.45, 2.75) is 0 Å². The molecule has 0 heterocycles. The first-order valence-corrected chi connectivity index (χ1v) is 2.65. The molecule has 0 bridgehead atoms. The van der Waals surface area contributed by atoms with Crippen molar-refractivity contribution in [3.8, 4) is 5.75 Å². The zero-order chi connectivity index (χ0) is 7.56. The normalized spacial score (nSPS) is 9.50. The molecule has 0 aliphatic carbocycles. The lowest BCUT2D eigenvalue weighted by Gasteiger charge is -1.97. The fraction of sp³-hybridized carbons (Fsp3) is 0.143. The molecule has 3 heteroatoms. The van der Waals surface area contributed by atoms with Crippen LogP contribution in [0.2, 0.25) is 0 Å². The predicted octanol–water partition coefficient (Wildman–Crippen LogP) is 1.77. The van der Waals surface area contributed by atoms with Gasteiger partial charge >= 0.3 is 0 Å². The van der Waals surface area contributed by atoms with Crippen LogP contribution < -0.4 is 4.74 Å². The number of hydrogen-bond acceptors (Lipinski definition) is 1. The minimum Gasteiger partial charge on any atom is -0.496 e. The molecule has 1 aromatic carbocycles. The van der Waals surface area contributed by atoms with Crippen LogP contribution in [-0.4, -0.2) is 7.11 Å². The third-order valence-corrected chi connectivity index (χ3v) is 1.04. The van der Waals surface area contributed by atoms with E-state index >= 15 is 0 Å². The largest absolute Gasteiger partial charge is 0.496 e. The van der Waals surface area contributed by atoms with Gasteiger partial charge in [0.25, 0.3) is 0 Å². The summed E-state index contributed by atoms with van der Waals surface area (Å²) >= 11 is 0. The van der Waals surface area contributed by atoms with Crippen molar-refractivity contribution in [2.75, 3.05) is 7.11 Å². The van der Waals surface area contributed by atoms with Gasteiger partial charge in [-0.2, -0.15) is 0 Å². The van der Waals surface area contributed by atoms with Crippen LogP contribution in [-0.2, 0) is 0 Å². The van der Waals surface area contributed by atoms with Gasteiger partial charge in [0.15, 0.2) is 11.6 Å². The molecule has 0 saturated heterocycles. The summed E-state index contributed by atoms with van der Waals surface area (Å²) in [5.74, 6) is -1.74. The molecule has 0 N–H and O–H groups in total. The Kier molecular flexibility index (Phi) is 1.85. The van der Waals surface area contributed by atoms with Gasteiger partial charge in [-0.25, -0.2) is 8.78 Å². The van der Waals surface area contributed by atoms with Crippen molar-refractivity contribution in [1.82, 2.24) is 0 Å². The van der Waals surface area contributed by atoms with Crippen molar-refractivity contribution >= 4 is 0 Å². The summed E-state index contributed by atoms with van der Waals surface area (Å²) in [6.45, 7) is 0. The average Bonchev–Trinajstić information content (AvgIpc) is 1.95. The molecule has 0 saturated carbocycles. The molecule has 53 valence electrons. The van der Waals surface area contributed by atoms with Crippen LogP contribution in [0.5, 0.6) is 5.75 Å². The van der Waals surface area contributed by atoms with Gasteiger partial charge in [0, 0.05) is 0 Å². The number of ether oxygens (including phenoxy) is 1. The van der Waals surface area contributed by atoms with Gasteiger partial charge in [0.1, 0.15) is 5.75 Å². The zero-order valence-corrected chi connectivity index (χ0v) is 5.32. The van der Waals surface area contributed by atoms with E-state index in [0.29, 0.717) is 0 Å². The molecule has 1 aromatic rings. The molecule has 0 aromatic heterocycles. The molecule has 0 unspecified atom stereocenters. The number of benzene rings is 1. The van der Waals surface area contributed by atoms with Crippen LogP contribution in [0.15, 0.2) is 12.1 Å². The molecule has 0 aliphatic heterocycles. The molecule has 0 amide bonds. The highest BCUT2D eigenvalue weighted by molar-refractivity contribution is 5.21. The Bertz CT molecular complexity index is 235. The molecule has 0 fully saturated rings. The Balaban J connectivity index is 3.04. The van der Waals surface area contributed by atoms with Crippen molar-refractivity contribution in [2.24, 2.45) is 0 Å². The Morgan fingerprint density at radius 3 is 2.60 bits per heavy atom. The van der Waals surface area contributed by atoms with Gasteiger partial charge in [-0.05, 0) is 12.1 Å². The lowest BCUT2D eigenvalue weighted by atomic mass is 10.3. The summed E-state index contributed by atoms with van der Waals surface area (Å²) in [6.07, 6.45) is 0.